The first-order valence-corrected chi connectivity index (χ1v) is 6.59. The van der Waals surface area contributed by atoms with Crippen LogP contribution in [0.1, 0.15) is 20.8 Å². The highest BCUT2D eigenvalue weighted by molar-refractivity contribution is 5.43. The van der Waals surface area contributed by atoms with Crippen LogP contribution in [-0.4, -0.2) is 41.1 Å². The van der Waals surface area contributed by atoms with Crippen molar-refractivity contribution in [3.8, 4) is 0 Å². The molecule has 0 bridgehead atoms. The highest BCUT2D eigenvalue weighted by Gasteiger charge is 2.27. The summed E-state index contributed by atoms with van der Waals surface area (Å²) in [5.74, 6) is 0. The van der Waals surface area contributed by atoms with Crippen LogP contribution < -0.4 is 16.2 Å². The third-order valence-corrected chi connectivity index (χ3v) is 3.11. The minimum absolute atomic E-state index is 0.0848. The highest BCUT2D eigenvalue weighted by atomic mass is 16.5. The number of morpholine rings is 1. The van der Waals surface area contributed by atoms with E-state index in [0.717, 1.165) is 18.8 Å². The first-order chi connectivity index (χ1) is 8.87. The van der Waals surface area contributed by atoms with E-state index in [-0.39, 0.29) is 17.2 Å². The molecule has 0 aliphatic carbocycles. The topological polar surface area (TPSA) is 73.4 Å². The molecule has 1 atom stereocenters. The van der Waals surface area contributed by atoms with Crippen LogP contribution in [0, 0.1) is 0 Å². The molecule has 0 aromatic carbocycles. The number of anilines is 1. The lowest BCUT2D eigenvalue weighted by Crippen LogP contribution is -2.48. The summed E-state index contributed by atoms with van der Waals surface area (Å²) in [7, 11) is 0. The fraction of sp³-hybridized carbons (Fsp3) is 0.692. The normalized spacial score (nSPS) is 20.3. The summed E-state index contributed by atoms with van der Waals surface area (Å²) in [5, 5.41) is 4.18. The molecule has 19 heavy (non-hydrogen) atoms. The third-order valence-electron chi connectivity index (χ3n) is 3.11. The second-order valence-electron chi connectivity index (χ2n) is 5.74. The van der Waals surface area contributed by atoms with Crippen molar-refractivity contribution in [3.63, 3.8) is 0 Å². The quantitative estimate of drug-likeness (QED) is 0.846. The third kappa shape index (κ3) is 3.54. The van der Waals surface area contributed by atoms with Gasteiger partial charge in [0.1, 0.15) is 0 Å². The molecule has 0 amide bonds. The Morgan fingerprint density at radius 3 is 2.89 bits per heavy atom. The number of nitrogens with zero attached hydrogens (tertiary/aromatic N) is 3. The summed E-state index contributed by atoms with van der Waals surface area (Å²) in [6, 6.07) is 1.54. The Morgan fingerprint density at radius 1 is 1.58 bits per heavy atom. The maximum Gasteiger partial charge on any atom is 0.268 e. The largest absolute Gasteiger partial charge is 0.372 e. The molecule has 1 aromatic rings. The predicted octanol–water partition coefficient (Wildman–Crippen LogP) is 0.206. The van der Waals surface area contributed by atoms with E-state index in [4.69, 9.17) is 10.5 Å². The molecule has 1 aliphatic rings. The summed E-state index contributed by atoms with van der Waals surface area (Å²) < 4.78 is 7.06. The number of nitrogens with two attached hydrogens (primary N) is 1. The number of hydrogen-bond acceptors (Lipinski definition) is 5. The van der Waals surface area contributed by atoms with Crippen molar-refractivity contribution in [1.29, 1.82) is 0 Å². The second-order valence-corrected chi connectivity index (χ2v) is 5.74. The molecular formula is C13H22N4O2. The van der Waals surface area contributed by atoms with Crippen LogP contribution in [0.15, 0.2) is 17.1 Å². The average Bonchev–Trinajstić information content (AvgIpc) is 2.30. The lowest BCUT2D eigenvalue weighted by atomic mass is 10.1. The smallest absolute Gasteiger partial charge is 0.268 e. The van der Waals surface area contributed by atoms with Gasteiger partial charge in [0.15, 0.2) is 0 Å². The van der Waals surface area contributed by atoms with Crippen molar-refractivity contribution in [2.24, 2.45) is 5.73 Å². The molecule has 0 radical (unpaired) electrons. The zero-order valence-electron chi connectivity index (χ0n) is 11.8. The minimum atomic E-state index is -0.196. The fourth-order valence-electron chi connectivity index (χ4n) is 2.24. The summed E-state index contributed by atoms with van der Waals surface area (Å²) in [4.78, 5) is 14.1. The van der Waals surface area contributed by atoms with Crippen molar-refractivity contribution in [3.05, 3.63) is 22.6 Å². The van der Waals surface area contributed by atoms with E-state index < -0.39 is 0 Å². The summed E-state index contributed by atoms with van der Waals surface area (Å²) in [6.45, 7) is 8.58. The van der Waals surface area contributed by atoms with E-state index in [1.54, 1.807) is 12.3 Å². The van der Waals surface area contributed by atoms with Gasteiger partial charge < -0.3 is 15.4 Å². The van der Waals surface area contributed by atoms with Gasteiger partial charge in [0.2, 0.25) is 0 Å². The Hall–Kier alpha value is -1.40. The number of rotatable bonds is 3. The SMILES string of the molecule is C[C@H](N)Cn1ncc(N2CCOC(C)(C)C2)cc1=O. The Kier molecular flexibility index (Phi) is 3.91. The fourth-order valence-corrected chi connectivity index (χ4v) is 2.24. The van der Waals surface area contributed by atoms with Crippen molar-refractivity contribution >= 4 is 5.69 Å². The van der Waals surface area contributed by atoms with Gasteiger partial charge >= 0.3 is 0 Å². The first-order valence-electron chi connectivity index (χ1n) is 6.59. The van der Waals surface area contributed by atoms with E-state index in [0.29, 0.717) is 13.2 Å². The van der Waals surface area contributed by atoms with E-state index >= 15 is 0 Å². The lowest BCUT2D eigenvalue weighted by Gasteiger charge is -2.39. The maximum atomic E-state index is 12.0. The van der Waals surface area contributed by atoms with Gasteiger partial charge in [0.25, 0.3) is 5.56 Å². The molecule has 6 nitrogen and oxygen atoms in total. The van der Waals surface area contributed by atoms with Gasteiger partial charge in [-0.25, -0.2) is 4.68 Å². The van der Waals surface area contributed by atoms with Crippen LogP contribution >= 0.6 is 0 Å². The molecule has 0 saturated carbocycles. The van der Waals surface area contributed by atoms with Gasteiger partial charge in [-0.1, -0.05) is 0 Å². The molecule has 2 heterocycles. The standard InChI is InChI=1S/C13H22N4O2/c1-10(14)8-17-12(18)6-11(7-15-17)16-4-5-19-13(2,3)9-16/h6-7,10H,4-5,8-9,14H2,1-3H3/t10-/m0/s1. The number of hydrogen-bond donors (Lipinski definition) is 1. The molecule has 106 valence electrons. The Bertz CT molecular complexity index is 496. The molecule has 2 N–H and O–H groups in total. The molecule has 1 fully saturated rings. The summed E-state index contributed by atoms with van der Waals surface area (Å²) in [6.07, 6.45) is 1.73. The molecule has 2 rings (SSSR count). The van der Waals surface area contributed by atoms with Gasteiger partial charge in [-0.2, -0.15) is 5.10 Å². The van der Waals surface area contributed by atoms with E-state index in [9.17, 15) is 4.79 Å². The van der Waals surface area contributed by atoms with Gasteiger partial charge in [-0.3, -0.25) is 4.79 Å². The van der Waals surface area contributed by atoms with Crippen LogP contribution in [-0.2, 0) is 11.3 Å². The first kappa shape index (κ1) is 14.0. The second kappa shape index (κ2) is 5.30. The van der Waals surface area contributed by atoms with E-state index in [2.05, 4.69) is 10.00 Å². The zero-order chi connectivity index (χ0) is 14.0. The van der Waals surface area contributed by atoms with Crippen LogP contribution in [0.5, 0.6) is 0 Å². The Balaban J connectivity index is 2.18. The van der Waals surface area contributed by atoms with E-state index in [1.165, 1.54) is 4.68 Å². The van der Waals surface area contributed by atoms with Crippen LogP contribution in [0.3, 0.4) is 0 Å². The lowest BCUT2D eigenvalue weighted by molar-refractivity contribution is -0.0277. The van der Waals surface area contributed by atoms with E-state index in [1.807, 2.05) is 20.8 Å². The maximum absolute atomic E-state index is 12.0. The van der Waals surface area contributed by atoms with Crippen LogP contribution in [0.4, 0.5) is 5.69 Å². The van der Waals surface area contributed by atoms with Crippen molar-refractivity contribution < 1.29 is 4.74 Å². The van der Waals surface area contributed by atoms with Gasteiger partial charge in [0, 0.05) is 25.2 Å². The molecular weight excluding hydrogens is 244 g/mol. The monoisotopic (exact) mass is 266 g/mol. The molecule has 1 aliphatic heterocycles. The van der Waals surface area contributed by atoms with Crippen molar-refractivity contribution in [1.82, 2.24) is 9.78 Å². The predicted molar refractivity (Wildman–Crippen MR) is 74.4 cm³/mol. The molecule has 0 spiro atoms. The Morgan fingerprint density at radius 2 is 2.32 bits per heavy atom. The van der Waals surface area contributed by atoms with Gasteiger partial charge in [0.05, 0.1) is 30.6 Å². The Labute approximate surface area is 113 Å². The number of aromatic nitrogens is 2. The highest BCUT2D eigenvalue weighted by Crippen LogP contribution is 2.21. The van der Waals surface area contributed by atoms with Crippen LogP contribution in [0.25, 0.3) is 0 Å². The molecule has 6 heteroatoms. The molecule has 0 unspecified atom stereocenters. The average molecular weight is 266 g/mol. The van der Waals surface area contributed by atoms with Gasteiger partial charge in [-0.15, -0.1) is 0 Å². The molecule has 1 aromatic heterocycles. The summed E-state index contributed by atoms with van der Waals surface area (Å²) in [5.41, 5.74) is 6.22. The zero-order valence-corrected chi connectivity index (χ0v) is 11.8. The number of ether oxygens (including phenoxy) is 1. The minimum Gasteiger partial charge on any atom is -0.372 e. The van der Waals surface area contributed by atoms with Gasteiger partial charge in [-0.05, 0) is 20.8 Å². The van der Waals surface area contributed by atoms with Crippen molar-refractivity contribution in [2.45, 2.75) is 39.0 Å². The summed E-state index contributed by atoms with van der Waals surface area (Å²) >= 11 is 0. The van der Waals surface area contributed by atoms with Crippen molar-refractivity contribution in [2.75, 3.05) is 24.6 Å². The molecule has 1 saturated heterocycles. The van der Waals surface area contributed by atoms with Crippen LogP contribution in [0.2, 0.25) is 0 Å².